The molecule has 2 saturated heterocycles. The van der Waals surface area contributed by atoms with E-state index in [1.807, 2.05) is 0 Å². The summed E-state index contributed by atoms with van der Waals surface area (Å²) >= 11 is 0. The molecule has 3 aromatic rings. The van der Waals surface area contributed by atoms with Crippen LogP contribution >= 0.6 is 0 Å². The number of nitrogens with one attached hydrogen (secondary N) is 2. The second kappa shape index (κ2) is 16.0. The van der Waals surface area contributed by atoms with E-state index in [4.69, 9.17) is 23.7 Å². The van der Waals surface area contributed by atoms with Crippen molar-refractivity contribution in [3.8, 4) is 34.1 Å². The minimum atomic E-state index is -1.90. The number of carboxylic acid groups (broad SMARTS) is 1. The van der Waals surface area contributed by atoms with Crippen LogP contribution in [-0.4, -0.2) is 146 Å². The van der Waals surface area contributed by atoms with E-state index >= 15 is 0 Å². The van der Waals surface area contributed by atoms with E-state index in [-0.39, 0.29) is 33.6 Å². The lowest BCUT2D eigenvalue weighted by molar-refractivity contribution is -0.339. The molecule has 1 amide bonds. The topological polar surface area (TPSA) is 323 Å². The van der Waals surface area contributed by atoms with Gasteiger partial charge >= 0.3 is 0 Å². The number of methoxy groups -OCH3 is 1. The van der Waals surface area contributed by atoms with Crippen LogP contribution in [0.25, 0.3) is 11.1 Å². The zero-order valence-corrected chi connectivity index (χ0v) is 32.6. The minimum Gasteiger partial charge on any atom is -0.548 e. The highest BCUT2D eigenvalue weighted by molar-refractivity contribution is 6.31. The Hall–Kier alpha value is -5.26. The average molecular weight is 840 g/mol. The first-order chi connectivity index (χ1) is 28.3. The molecule has 2 aliphatic heterocycles. The fourth-order valence-corrected chi connectivity index (χ4v) is 8.29. The second-order valence-electron chi connectivity index (χ2n) is 15.1. The number of ketones is 2. The van der Waals surface area contributed by atoms with Crippen LogP contribution in [0.15, 0.2) is 24.3 Å². The molecule has 7 rings (SSSR count). The number of aliphatic carboxylic acids is 1. The summed E-state index contributed by atoms with van der Waals surface area (Å²) in [6.07, 6.45) is -15.6. The standard InChI is InChI=1S/C40H44N2O18/c1-11-6-18-24(31(49)21(11)37(53)42-12(2)38(54)55)23-16(9-17-25(32(23)50)28(46)15-7-14(56-5)8-19(43)22(15)27(17)45)29(47)35(18)59-40-34(52)36(26(41-4)13(3)58-40)60-39-33(51)30(48)20(44)10-57-39/h6-9,12-13,20,26,29-30,33-36,39-41,43-44,47-52H,10H2,1-5H3,(H,42,53)(H,54,55)/p-1/t12?,13-,20-,26+,29+,30+,33-,34-,35?,36?,39+,40+/m1/s1. The number of phenolic OH excluding ortho intramolecular Hbond substituents is 3. The predicted octanol–water partition coefficient (Wildman–Crippen LogP) is -1.95. The molecule has 10 N–H and O–H groups in total. The Morgan fingerprint density at radius 3 is 2.15 bits per heavy atom. The van der Waals surface area contributed by atoms with Crippen LogP contribution in [0.5, 0.6) is 23.0 Å². The van der Waals surface area contributed by atoms with Crippen molar-refractivity contribution in [1.29, 1.82) is 0 Å². The third kappa shape index (κ3) is 6.83. The summed E-state index contributed by atoms with van der Waals surface area (Å²) in [5.41, 5.74) is -3.48. The normalized spacial score (nSPS) is 30.1. The Kier molecular flexibility index (Phi) is 11.4. The van der Waals surface area contributed by atoms with Gasteiger partial charge in [0.05, 0.1) is 54.6 Å². The molecule has 3 aromatic carbocycles. The van der Waals surface area contributed by atoms with Gasteiger partial charge in [0.1, 0.15) is 65.7 Å². The van der Waals surface area contributed by atoms with Gasteiger partial charge in [0.25, 0.3) is 5.91 Å². The van der Waals surface area contributed by atoms with Gasteiger partial charge in [0.2, 0.25) is 0 Å². The first-order valence-electron chi connectivity index (χ1n) is 18.8. The van der Waals surface area contributed by atoms with Gasteiger partial charge in [-0.05, 0) is 56.6 Å². The fraction of sp³-hybridized carbons (Fsp3) is 0.450. The monoisotopic (exact) mass is 839 g/mol. The zero-order valence-electron chi connectivity index (χ0n) is 32.6. The Balaban J connectivity index is 1.37. The molecule has 0 radical (unpaired) electrons. The summed E-state index contributed by atoms with van der Waals surface area (Å²) in [6, 6.07) is 2.29. The number of hydrogen-bond donors (Lipinski definition) is 10. The Morgan fingerprint density at radius 2 is 1.50 bits per heavy atom. The van der Waals surface area contributed by atoms with Crippen molar-refractivity contribution in [2.45, 2.75) is 94.3 Å². The number of amides is 1. The van der Waals surface area contributed by atoms with E-state index in [0.29, 0.717) is 0 Å². The highest BCUT2D eigenvalue weighted by atomic mass is 16.7. The third-order valence-electron chi connectivity index (χ3n) is 11.4. The number of aryl methyl sites for hydroxylation is 1. The van der Waals surface area contributed by atoms with E-state index in [2.05, 4.69) is 10.6 Å². The molecule has 322 valence electrons. The number of fused-ring (bicyclic) bond motifs is 5. The summed E-state index contributed by atoms with van der Waals surface area (Å²) < 4.78 is 28.9. The number of carbonyl (C=O) groups excluding carboxylic acids is 4. The van der Waals surface area contributed by atoms with Crippen molar-refractivity contribution in [2.24, 2.45) is 0 Å². The van der Waals surface area contributed by atoms with Gasteiger partial charge in [0.15, 0.2) is 24.1 Å². The highest BCUT2D eigenvalue weighted by Gasteiger charge is 2.51. The lowest BCUT2D eigenvalue weighted by Crippen LogP contribution is -2.65. The number of hydrogen-bond acceptors (Lipinski definition) is 19. The number of carbonyl (C=O) groups is 4. The van der Waals surface area contributed by atoms with E-state index in [1.54, 1.807) is 6.92 Å². The summed E-state index contributed by atoms with van der Waals surface area (Å²) in [4.78, 5) is 53.1. The number of aliphatic hydroxyl groups excluding tert-OH is 5. The van der Waals surface area contributed by atoms with Gasteiger partial charge in [-0.2, -0.15) is 0 Å². The molecule has 2 heterocycles. The van der Waals surface area contributed by atoms with E-state index in [1.165, 1.54) is 33.2 Å². The van der Waals surface area contributed by atoms with Crippen molar-refractivity contribution in [1.82, 2.24) is 10.6 Å². The molecule has 20 heteroatoms. The van der Waals surface area contributed by atoms with Crippen molar-refractivity contribution >= 4 is 23.4 Å². The van der Waals surface area contributed by atoms with Crippen molar-refractivity contribution in [3.63, 3.8) is 0 Å². The first-order valence-corrected chi connectivity index (χ1v) is 18.8. The van der Waals surface area contributed by atoms with Crippen molar-refractivity contribution in [3.05, 3.63) is 68.8 Å². The Bertz CT molecular complexity index is 2280. The van der Waals surface area contributed by atoms with Crippen LogP contribution in [0.2, 0.25) is 0 Å². The predicted molar refractivity (Wildman–Crippen MR) is 198 cm³/mol. The summed E-state index contributed by atoms with van der Waals surface area (Å²) in [5, 5.41) is 106. The summed E-state index contributed by atoms with van der Waals surface area (Å²) in [7, 11) is 2.79. The molecule has 2 fully saturated rings. The van der Waals surface area contributed by atoms with Crippen LogP contribution in [0.4, 0.5) is 0 Å². The molecular formula is C40H43N2O18-. The maximum absolute atomic E-state index is 14.1. The Morgan fingerprint density at radius 1 is 0.850 bits per heavy atom. The van der Waals surface area contributed by atoms with Gasteiger partial charge in [0, 0.05) is 28.3 Å². The van der Waals surface area contributed by atoms with Crippen LogP contribution in [-0.2, 0) is 23.7 Å². The van der Waals surface area contributed by atoms with Gasteiger partial charge in [-0.3, -0.25) is 14.4 Å². The largest absolute Gasteiger partial charge is 0.548 e. The van der Waals surface area contributed by atoms with Gasteiger partial charge in [-0.15, -0.1) is 0 Å². The smallest absolute Gasteiger partial charge is 0.255 e. The van der Waals surface area contributed by atoms with Crippen molar-refractivity contribution in [2.75, 3.05) is 20.8 Å². The molecule has 3 unspecified atom stereocenters. The number of benzene rings is 3. The quantitative estimate of drug-likeness (QED) is 0.0876. The number of likely N-dealkylation sites (N-methyl/N-ethyl adjacent to an activating group) is 1. The van der Waals surface area contributed by atoms with Gasteiger partial charge < -0.3 is 85.1 Å². The zero-order chi connectivity index (χ0) is 43.8. The maximum Gasteiger partial charge on any atom is 0.255 e. The number of aliphatic hydroxyl groups is 5. The van der Waals surface area contributed by atoms with Crippen LogP contribution < -0.4 is 20.5 Å². The van der Waals surface area contributed by atoms with E-state index < -0.39 is 149 Å². The first kappa shape index (κ1) is 42.8. The number of phenols is 3. The molecule has 4 aliphatic rings. The van der Waals surface area contributed by atoms with Crippen molar-refractivity contribution < 1.29 is 88.8 Å². The molecule has 20 nitrogen and oxygen atoms in total. The number of aromatic hydroxyl groups is 3. The molecular weight excluding hydrogens is 796 g/mol. The second-order valence-corrected chi connectivity index (χ2v) is 15.1. The molecule has 0 spiro atoms. The van der Waals surface area contributed by atoms with Gasteiger partial charge in [-0.25, -0.2) is 0 Å². The molecule has 60 heavy (non-hydrogen) atoms. The van der Waals surface area contributed by atoms with E-state index in [9.17, 15) is 65.1 Å². The summed E-state index contributed by atoms with van der Waals surface area (Å²) in [6.45, 7) is 3.67. The summed E-state index contributed by atoms with van der Waals surface area (Å²) in [5.74, 6) is -6.97. The average Bonchev–Trinajstić information content (AvgIpc) is 3.19. The Labute approximate surface area is 340 Å². The molecule has 12 atom stereocenters. The lowest BCUT2D eigenvalue weighted by atomic mass is 9.74. The minimum absolute atomic E-state index is 0.0116. The maximum atomic E-state index is 14.1. The molecule has 0 saturated carbocycles. The fourth-order valence-electron chi connectivity index (χ4n) is 8.29. The third-order valence-corrected chi connectivity index (χ3v) is 11.4. The number of carboxylic acids is 1. The molecule has 0 bridgehead atoms. The van der Waals surface area contributed by atoms with Gasteiger partial charge in [-0.1, -0.05) is 6.07 Å². The molecule has 2 aliphatic carbocycles. The van der Waals surface area contributed by atoms with E-state index in [0.717, 1.165) is 19.1 Å². The van der Waals surface area contributed by atoms with Crippen LogP contribution in [0.3, 0.4) is 0 Å². The molecule has 0 aromatic heterocycles. The van der Waals surface area contributed by atoms with Crippen LogP contribution in [0, 0.1) is 6.92 Å². The number of rotatable bonds is 9. The van der Waals surface area contributed by atoms with Crippen LogP contribution in [0.1, 0.15) is 84.9 Å². The highest BCUT2D eigenvalue weighted by Crippen LogP contribution is 2.57. The number of ether oxygens (including phenoxy) is 5. The SMILES string of the molecule is CN[C@@H]1C(O[C@@H]2OC[C@@H](O)[C@H](O)[C@H]2O)[C@@H](O)[C@H](OC2c3cc(C)c(C(=O)NC(C)C(=O)[O-])c(O)c3-c3c(cc4c(c3O)C(=O)c3cc(OC)cc(O)c3C4=O)[C@@H]2O)O[C@@H]1C. The lowest BCUT2D eigenvalue weighted by Gasteiger charge is -2.47.